The zero-order chi connectivity index (χ0) is 15.2. The SMILES string of the molecule is CCCC1CN(Cc2cccc(OC)c2F)C(CC)CN1. The van der Waals surface area contributed by atoms with Crippen molar-refractivity contribution < 1.29 is 9.13 Å². The molecule has 2 rings (SSSR count). The Morgan fingerprint density at radius 2 is 2.19 bits per heavy atom. The normalized spacial score (nSPS) is 23.2. The second kappa shape index (κ2) is 7.76. The van der Waals surface area contributed by atoms with Gasteiger partial charge in [0.15, 0.2) is 11.6 Å². The quantitative estimate of drug-likeness (QED) is 0.872. The number of halogens is 1. The lowest BCUT2D eigenvalue weighted by Gasteiger charge is -2.40. The molecule has 2 atom stereocenters. The third-order valence-corrected chi connectivity index (χ3v) is 4.36. The van der Waals surface area contributed by atoms with Gasteiger partial charge in [-0.15, -0.1) is 0 Å². The van der Waals surface area contributed by atoms with Crippen molar-refractivity contribution in [2.45, 2.75) is 51.7 Å². The Balaban J connectivity index is 2.11. The summed E-state index contributed by atoms with van der Waals surface area (Å²) in [6.07, 6.45) is 3.43. The minimum absolute atomic E-state index is 0.222. The largest absolute Gasteiger partial charge is 0.494 e. The van der Waals surface area contributed by atoms with Gasteiger partial charge < -0.3 is 10.1 Å². The van der Waals surface area contributed by atoms with Crippen molar-refractivity contribution in [3.63, 3.8) is 0 Å². The van der Waals surface area contributed by atoms with Crippen LogP contribution < -0.4 is 10.1 Å². The molecule has 1 heterocycles. The molecule has 21 heavy (non-hydrogen) atoms. The molecule has 1 aromatic carbocycles. The van der Waals surface area contributed by atoms with E-state index in [9.17, 15) is 4.39 Å². The summed E-state index contributed by atoms with van der Waals surface area (Å²) in [6.45, 7) is 7.04. The first-order valence-electron chi connectivity index (χ1n) is 7.98. The van der Waals surface area contributed by atoms with E-state index in [2.05, 4.69) is 24.1 Å². The summed E-state index contributed by atoms with van der Waals surface area (Å²) in [5.74, 6) is 0.112. The second-order valence-corrected chi connectivity index (χ2v) is 5.82. The van der Waals surface area contributed by atoms with E-state index in [-0.39, 0.29) is 5.82 Å². The van der Waals surface area contributed by atoms with Gasteiger partial charge >= 0.3 is 0 Å². The fourth-order valence-electron chi connectivity index (χ4n) is 3.12. The summed E-state index contributed by atoms with van der Waals surface area (Å²) >= 11 is 0. The Morgan fingerprint density at radius 1 is 1.38 bits per heavy atom. The van der Waals surface area contributed by atoms with E-state index in [1.54, 1.807) is 6.07 Å². The van der Waals surface area contributed by atoms with Crippen molar-refractivity contribution in [2.75, 3.05) is 20.2 Å². The van der Waals surface area contributed by atoms with Gasteiger partial charge in [0.2, 0.25) is 0 Å². The van der Waals surface area contributed by atoms with Crippen molar-refractivity contribution in [1.29, 1.82) is 0 Å². The number of hydrogen-bond acceptors (Lipinski definition) is 3. The molecule has 0 aliphatic carbocycles. The summed E-state index contributed by atoms with van der Waals surface area (Å²) < 4.78 is 19.4. The van der Waals surface area contributed by atoms with Gasteiger partial charge in [-0.2, -0.15) is 0 Å². The first-order chi connectivity index (χ1) is 10.2. The average molecular weight is 294 g/mol. The molecule has 4 heteroatoms. The summed E-state index contributed by atoms with van der Waals surface area (Å²) in [7, 11) is 1.51. The lowest BCUT2D eigenvalue weighted by Crippen LogP contribution is -2.55. The van der Waals surface area contributed by atoms with Gasteiger partial charge in [-0.1, -0.05) is 32.4 Å². The molecule has 1 aliphatic rings. The molecular formula is C17H27FN2O. The molecule has 1 N–H and O–H groups in total. The summed E-state index contributed by atoms with van der Waals surface area (Å²) in [6, 6.07) is 6.40. The first-order valence-corrected chi connectivity index (χ1v) is 7.98. The van der Waals surface area contributed by atoms with E-state index in [1.807, 2.05) is 12.1 Å². The van der Waals surface area contributed by atoms with Gasteiger partial charge in [0.25, 0.3) is 0 Å². The van der Waals surface area contributed by atoms with Crippen molar-refractivity contribution >= 4 is 0 Å². The number of methoxy groups -OCH3 is 1. The Labute approximate surface area is 127 Å². The number of nitrogens with one attached hydrogen (secondary N) is 1. The number of piperazine rings is 1. The van der Waals surface area contributed by atoms with E-state index in [0.29, 0.717) is 24.4 Å². The Morgan fingerprint density at radius 3 is 2.86 bits per heavy atom. The number of hydrogen-bond donors (Lipinski definition) is 1. The molecule has 1 fully saturated rings. The lowest BCUT2D eigenvalue weighted by molar-refractivity contribution is 0.114. The Bertz CT molecular complexity index is 452. The van der Waals surface area contributed by atoms with Gasteiger partial charge in [0, 0.05) is 37.3 Å². The Kier molecular flexibility index (Phi) is 6.00. The molecule has 118 valence electrons. The summed E-state index contributed by atoms with van der Waals surface area (Å²) in [4.78, 5) is 2.41. The van der Waals surface area contributed by atoms with Crippen molar-refractivity contribution in [3.05, 3.63) is 29.6 Å². The van der Waals surface area contributed by atoms with Crippen LogP contribution >= 0.6 is 0 Å². The maximum atomic E-state index is 14.3. The average Bonchev–Trinajstić information content (AvgIpc) is 2.50. The van der Waals surface area contributed by atoms with E-state index < -0.39 is 0 Å². The smallest absolute Gasteiger partial charge is 0.169 e. The molecule has 1 aliphatic heterocycles. The number of benzene rings is 1. The van der Waals surface area contributed by atoms with Crippen molar-refractivity contribution in [3.8, 4) is 5.75 Å². The van der Waals surface area contributed by atoms with Crippen LogP contribution in [0.2, 0.25) is 0 Å². The van der Waals surface area contributed by atoms with Crippen LogP contribution in [0.5, 0.6) is 5.75 Å². The molecular weight excluding hydrogens is 267 g/mol. The van der Waals surface area contributed by atoms with Crippen LogP contribution in [0.15, 0.2) is 18.2 Å². The standard InChI is InChI=1S/C17H27FN2O/c1-4-7-14-12-20(15(5-2)10-19-14)11-13-8-6-9-16(21-3)17(13)18/h6,8-9,14-15,19H,4-5,7,10-12H2,1-3H3. The van der Waals surface area contributed by atoms with Crippen LogP contribution in [0.3, 0.4) is 0 Å². The monoisotopic (exact) mass is 294 g/mol. The molecule has 2 unspecified atom stereocenters. The third kappa shape index (κ3) is 3.95. The third-order valence-electron chi connectivity index (χ3n) is 4.36. The molecule has 0 radical (unpaired) electrons. The van der Waals surface area contributed by atoms with E-state index >= 15 is 0 Å². The van der Waals surface area contributed by atoms with E-state index in [4.69, 9.17) is 4.74 Å². The zero-order valence-electron chi connectivity index (χ0n) is 13.4. The lowest BCUT2D eigenvalue weighted by atomic mass is 10.0. The topological polar surface area (TPSA) is 24.5 Å². The summed E-state index contributed by atoms with van der Waals surface area (Å²) in [5, 5.41) is 3.61. The fourth-order valence-corrected chi connectivity index (χ4v) is 3.12. The van der Waals surface area contributed by atoms with E-state index in [1.165, 1.54) is 20.0 Å². The predicted octanol–water partition coefficient (Wildman–Crippen LogP) is 3.19. The predicted molar refractivity (Wildman–Crippen MR) is 84.1 cm³/mol. The molecule has 0 bridgehead atoms. The summed E-state index contributed by atoms with van der Waals surface area (Å²) in [5.41, 5.74) is 0.727. The zero-order valence-corrected chi connectivity index (χ0v) is 13.4. The highest BCUT2D eigenvalue weighted by molar-refractivity contribution is 5.31. The fraction of sp³-hybridized carbons (Fsp3) is 0.647. The van der Waals surface area contributed by atoms with Crippen LogP contribution in [-0.4, -0.2) is 37.2 Å². The molecule has 1 saturated heterocycles. The van der Waals surface area contributed by atoms with Crippen LogP contribution in [0.25, 0.3) is 0 Å². The van der Waals surface area contributed by atoms with Gasteiger partial charge in [-0.25, -0.2) is 4.39 Å². The molecule has 0 aromatic heterocycles. The number of ether oxygens (including phenoxy) is 1. The maximum Gasteiger partial charge on any atom is 0.169 e. The highest BCUT2D eigenvalue weighted by atomic mass is 19.1. The number of nitrogens with zero attached hydrogens (tertiary/aromatic N) is 1. The first kappa shape index (κ1) is 16.2. The molecule has 0 amide bonds. The number of rotatable bonds is 6. The second-order valence-electron chi connectivity index (χ2n) is 5.82. The minimum Gasteiger partial charge on any atom is -0.494 e. The van der Waals surface area contributed by atoms with Gasteiger partial charge in [-0.05, 0) is 18.9 Å². The van der Waals surface area contributed by atoms with Crippen LogP contribution in [0, 0.1) is 5.82 Å². The van der Waals surface area contributed by atoms with Gasteiger partial charge in [0.1, 0.15) is 0 Å². The maximum absolute atomic E-state index is 14.3. The minimum atomic E-state index is -0.222. The van der Waals surface area contributed by atoms with Crippen molar-refractivity contribution in [2.24, 2.45) is 0 Å². The molecule has 0 spiro atoms. The van der Waals surface area contributed by atoms with Crippen LogP contribution in [0.4, 0.5) is 4.39 Å². The molecule has 3 nitrogen and oxygen atoms in total. The highest BCUT2D eigenvalue weighted by Crippen LogP contribution is 2.23. The van der Waals surface area contributed by atoms with E-state index in [0.717, 1.165) is 25.1 Å². The van der Waals surface area contributed by atoms with Gasteiger partial charge in [0.05, 0.1) is 7.11 Å². The Hall–Kier alpha value is -1.13. The highest BCUT2D eigenvalue weighted by Gasteiger charge is 2.27. The van der Waals surface area contributed by atoms with Gasteiger partial charge in [-0.3, -0.25) is 4.90 Å². The molecule has 1 aromatic rings. The van der Waals surface area contributed by atoms with Crippen LogP contribution in [-0.2, 0) is 6.54 Å². The van der Waals surface area contributed by atoms with Crippen LogP contribution in [0.1, 0.15) is 38.7 Å². The molecule has 0 saturated carbocycles. The van der Waals surface area contributed by atoms with Crippen molar-refractivity contribution in [1.82, 2.24) is 10.2 Å².